The van der Waals surface area contributed by atoms with E-state index in [9.17, 15) is 9.59 Å². The third-order valence-electron chi connectivity index (χ3n) is 3.39. The third kappa shape index (κ3) is 2.39. The zero-order valence-electron chi connectivity index (χ0n) is 10.9. The highest BCUT2D eigenvalue weighted by Gasteiger charge is 2.22. The minimum atomic E-state index is -0.0507. The number of aromatic amines is 1. The number of nitrogens with zero attached hydrogens (tertiary/aromatic N) is 2. The van der Waals surface area contributed by atoms with Crippen LogP contribution in [0, 0.1) is 6.92 Å². The number of anilines is 1. The van der Waals surface area contributed by atoms with Gasteiger partial charge in [0.25, 0.3) is 5.56 Å². The van der Waals surface area contributed by atoms with Crippen molar-refractivity contribution in [1.82, 2.24) is 9.88 Å². The number of hydrogen-bond acceptors (Lipinski definition) is 3. The molecular formula is C13H19N3O2. The fourth-order valence-electron chi connectivity index (χ4n) is 2.36. The van der Waals surface area contributed by atoms with Gasteiger partial charge < -0.3 is 14.8 Å². The number of aryl methyl sites for hydroxylation is 1. The zero-order valence-corrected chi connectivity index (χ0v) is 10.9. The van der Waals surface area contributed by atoms with Crippen LogP contribution in [0.1, 0.15) is 18.9 Å². The highest BCUT2D eigenvalue weighted by Crippen LogP contribution is 2.16. The molecular weight excluding hydrogens is 230 g/mol. The summed E-state index contributed by atoms with van der Waals surface area (Å²) in [4.78, 5) is 30.0. The molecule has 0 radical (unpaired) electrons. The first kappa shape index (κ1) is 12.7. The van der Waals surface area contributed by atoms with Gasteiger partial charge in [0.2, 0.25) is 5.91 Å². The molecule has 5 nitrogen and oxygen atoms in total. The molecule has 1 aliphatic rings. The molecule has 0 bridgehead atoms. The van der Waals surface area contributed by atoms with E-state index in [1.807, 2.05) is 24.8 Å². The summed E-state index contributed by atoms with van der Waals surface area (Å²) in [5, 5.41) is 0. The first-order chi connectivity index (χ1) is 8.63. The lowest BCUT2D eigenvalue weighted by Crippen LogP contribution is -2.50. The van der Waals surface area contributed by atoms with Gasteiger partial charge in [-0.1, -0.05) is 6.92 Å². The summed E-state index contributed by atoms with van der Waals surface area (Å²) in [5.41, 5.74) is 1.67. The van der Waals surface area contributed by atoms with Gasteiger partial charge in [-0.05, 0) is 18.6 Å². The molecule has 1 amide bonds. The van der Waals surface area contributed by atoms with Gasteiger partial charge in [0.05, 0.1) is 0 Å². The Morgan fingerprint density at radius 3 is 2.56 bits per heavy atom. The van der Waals surface area contributed by atoms with Crippen molar-refractivity contribution in [3.05, 3.63) is 28.2 Å². The molecule has 0 atom stereocenters. The summed E-state index contributed by atoms with van der Waals surface area (Å²) in [5.74, 6) is 0.188. The van der Waals surface area contributed by atoms with Crippen molar-refractivity contribution in [2.24, 2.45) is 0 Å². The van der Waals surface area contributed by atoms with Gasteiger partial charge in [-0.15, -0.1) is 0 Å². The fourth-order valence-corrected chi connectivity index (χ4v) is 2.36. The summed E-state index contributed by atoms with van der Waals surface area (Å²) >= 11 is 0. The zero-order chi connectivity index (χ0) is 13.1. The van der Waals surface area contributed by atoms with Crippen LogP contribution in [-0.2, 0) is 4.79 Å². The number of nitrogens with one attached hydrogen (secondary N) is 1. The Kier molecular flexibility index (Phi) is 3.69. The van der Waals surface area contributed by atoms with Gasteiger partial charge >= 0.3 is 0 Å². The molecule has 1 fully saturated rings. The van der Waals surface area contributed by atoms with Crippen molar-refractivity contribution in [3.8, 4) is 0 Å². The Morgan fingerprint density at radius 1 is 1.33 bits per heavy atom. The lowest BCUT2D eigenvalue weighted by molar-refractivity contribution is -0.131. The maximum absolute atomic E-state index is 11.8. The van der Waals surface area contributed by atoms with E-state index in [1.54, 1.807) is 6.20 Å². The van der Waals surface area contributed by atoms with E-state index < -0.39 is 0 Å². The Labute approximate surface area is 106 Å². The second-order valence-corrected chi connectivity index (χ2v) is 4.56. The molecule has 5 heteroatoms. The second-order valence-electron chi connectivity index (χ2n) is 4.56. The van der Waals surface area contributed by atoms with Gasteiger partial charge in [-0.2, -0.15) is 0 Å². The molecule has 1 N–H and O–H groups in total. The number of amides is 1. The van der Waals surface area contributed by atoms with E-state index >= 15 is 0 Å². The Balaban J connectivity index is 2.10. The quantitative estimate of drug-likeness (QED) is 0.841. The molecule has 0 saturated carbocycles. The highest BCUT2D eigenvalue weighted by atomic mass is 16.2. The maximum Gasteiger partial charge on any atom is 0.271 e. The van der Waals surface area contributed by atoms with Crippen LogP contribution in [0.3, 0.4) is 0 Å². The van der Waals surface area contributed by atoms with Crippen molar-refractivity contribution < 1.29 is 4.79 Å². The summed E-state index contributed by atoms with van der Waals surface area (Å²) in [6.07, 6.45) is 2.21. The number of carbonyl (C=O) groups excluding carboxylic acids is 1. The van der Waals surface area contributed by atoms with Crippen LogP contribution in [0.2, 0.25) is 0 Å². The normalized spacial score (nSPS) is 15.9. The number of H-pyrrole nitrogens is 1. The van der Waals surface area contributed by atoms with Gasteiger partial charge in [-0.25, -0.2) is 0 Å². The average molecular weight is 249 g/mol. The van der Waals surface area contributed by atoms with Crippen molar-refractivity contribution in [2.75, 3.05) is 31.1 Å². The largest absolute Gasteiger partial charge is 0.363 e. The van der Waals surface area contributed by atoms with Gasteiger partial charge in [0.1, 0.15) is 5.69 Å². The van der Waals surface area contributed by atoms with Crippen LogP contribution < -0.4 is 10.5 Å². The second kappa shape index (κ2) is 5.25. The molecule has 1 aliphatic heterocycles. The molecule has 1 aromatic rings. The number of rotatable bonds is 2. The van der Waals surface area contributed by atoms with Gasteiger partial charge in [0, 0.05) is 38.8 Å². The summed E-state index contributed by atoms with van der Waals surface area (Å²) < 4.78 is 0. The summed E-state index contributed by atoms with van der Waals surface area (Å²) in [7, 11) is 0. The van der Waals surface area contributed by atoms with E-state index in [1.165, 1.54) is 0 Å². The van der Waals surface area contributed by atoms with E-state index in [-0.39, 0.29) is 11.5 Å². The topological polar surface area (TPSA) is 56.4 Å². The molecule has 18 heavy (non-hydrogen) atoms. The SMILES string of the molecule is CCC(=O)N1CCN(c2c(C)cc[nH]c2=O)CC1. The molecule has 2 rings (SSSR count). The van der Waals surface area contributed by atoms with Crippen LogP contribution >= 0.6 is 0 Å². The van der Waals surface area contributed by atoms with Crippen LogP contribution in [0.15, 0.2) is 17.1 Å². The predicted octanol–water partition coefficient (Wildman–Crippen LogP) is 0.742. The molecule has 0 unspecified atom stereocenters. The average Bonchev–Trinajstić information content (AvgIpc) is 2.38. The van der Waals surface area contributed by atoms with E-state index in [0.717, 1.165) is 24.3 Å². The smallest absolute Gasteiger partial charge is 0.271 e. The number of piperazine rings is 1. The Bertz CT molecular complexity index is 487. The molecule has 2 heterocycles. The number of pyridine rings is 1. The van der Waals surface area contributed by atoms with Gasteiger partial charge in [-0.3, -0.25) is 9.59 Å². The number of aromatic nitrogens is 1. The van der Waals surface area contributed by atoms with Crippen LogP contribution in [0.5, 0.6) is 0 Å². The van der Waals surface area contributed by atoms with Crippen LogP contribution in [0.4, 0.5) is 5.69 Å². The van der Waals surface area contributed by atoms with Crippen LogP contribution in [-0.4, -0.2) is 42.0 Å². The van der Waals surface area contributed by atoms with Crippen molar-refractivity contribution >= 4 is 11.6 Å². The van der Waals surface area contributed by atoms with Crippen LogP contribution in [0.25, 0.3) is 0 Å². The lowest BCUT2D eigenvalue weighted by atomic mass is 10.2. The lowest BCUT2D eigenvalue weighted by Gasteiger charge is -2.36. The van der Waals surface area contributed by atoms with Crippen molar-refractivity contribution in [3.63, 3.8) is 0 Å². The molecule has 1 aromatic heterocycles. The molecule has 98 valence electrons. The van der Waals surface area contributed by atoms with E-state index in [0.29, 0.717) is 19.5 Å². The summed E-state index contributed by atoms with van der Waals surface area (Å²) in [6, 6.07) is 1.90. The molecule has 0 spiro atoms. The number of carbonyl (C=O) groups is 1. The molecule has 0 aromatic carbocycles. The third-order valence-corrected chi connectivity index (χ3v) is 3.39. The Hall–Kier alpha value is -1.78. The van der Waals surface area contributed by atoms with Crippen molar-refractivity contribution in [2.45, 2.75) is 20.3 Å². The highest BCUT2D eigenvalue weighted by molar-refractivity contribution is 5.76. The first-order valence-electron chi connectivity index (χ1n) is 6.34. The Morgan fingerprint density at radius 2 is 2.00 bits per heavy atom. The van der Waals surface area contributed by atoms with Crippen molar-refractivity contribution in [1.29, 1.82) is 0 Å². The monoisotopic (exact) mass is 249 g/mol. The standard InChI is InChI=1S/C13H19N3O2/c1-3-11(17)15-6-8-16(9-7-15)12-10(2)4-5-14-13(12)18/h4-5H,3,6-9H2,1-2H3,(H,14,18). The molecule has 1 saturated heterocycles. The minimum absolute atomic E-state index is 0.0507. The number of hydrogen-bond donors (Lipinski definition) is 1. The maximum atomic E-state index is 11.8. The fraction of sp³-hybridized carbons (Fsp3) is 0.538. The van der Waals surface area contributed by atoms with E-state index in [2.05, 4.69) is 9.88 Å². The first-order valence-corrected chi connectivity index (χ1v) is 6.34. The summed E-state index contributed by atoms with van der Waals surface area (Å²) in [6.45, 7) is 6.65. The van der Waals surface area contributed by atoms with E-state index in [4.69, 9.17) is 0 Å². The van der Waals surface area contributed by atoms with Gasteiger partial charge in [0.15, 0.2) is 0 Å². The minimum Gasteiger partial charge on any atom is -0.363 e. The molecule has 0 aliphatic carbocycles. The predicted molar refractivity (Wildman–Crippen MR) is 70.9 cm³/mol.